The number of hydrogen-bond donors (Lipinski definition) is 0. The van der Waals surface area contributed by atoms with Crippen LogP contribution in [0.1, 0.15) is 25.0 Å². The van der Waals surface area contributed by atoms with E-state index in [2.05, 4.69) is 99.1 Å². The molecule has 1 aliphatic rings. The monoisotopic (exact) mass is 333 g/mol. The maximum atomic E-state index is 2.38. The van der Waals surface area contributed by atoms with Crippen molar-refractivity contribution < 1.29 is 0 Å². The largest absolute Gasteiger partial charge is 0.0616 e. The lowest BCUT2D eigenvalue weighted by molar-refractivity contribution is 0.789. The van der Waals surface area contributed by atoms with Crippen molar-refractivity contribution in [2.75, 3.05) is 0 Å². The molecule has 0 heteroatoms. The SMILES string of the molecule is CC(C)C1=Cc2c(cccc2-c2c3ccccc3cc3ccccc23)[CH]1. The van der Waals surface area contributed by atoms with Gasteiger partial charge in [0.05, 0.1) is 0 Å². The second kappa shape index (κ2) is 5.85. The second-order valence-corrected chi connectivity index (χ2v) is 7.45. The average molecular weight is 333 g/mol. The predicted octanol–water partition coefficient (Wildman–Crippen LogP) is 7.27. The van der Waals surface area contributed by atoms with Crippen molar-refractivity contribution in [1.29, 1.82) is 0 Å². The summed E-state index contributed by atoms with van der Waals surface area (Å²) >= 11 is 0. The lowest BCUT2D eigenvalue weighted by Gasteiger charge is -2.15. The van der Waals surface area contributed by atoms with Gasteiger partial charge in [0.2, 0.25) is 0 Å². The van der Waals surface area contributed by atoms with E-state index in [-0.39, 0.29) is 0 Å². The smallest absolute Gasteiger partial charge is 0.0167 e. The Morgan fingerprint density at radius 1 is 0.692 bits per heavy atom. The van der Waals surface area contributed by atoms with Gasteiger partial charge in [0.1, 0.15) is 0 Å². The summed E-state index contributed by atoms with van der Waals surface area (Å²) in [6.45, 7) is 4.53. The third-order valence-electron chi connectivity index (χ3n) is 5.48. The molecule has 1 radical (unpaired) electrons. The van der Waals surface area contributed by atoms with Gasteiger partial charge in [-0.05, 0) is 55.8 Å². The molecule has 0 nitrogen and oxygen atoms in total. The van der Waals surface area contributed by atoms with Crippen LogP contribution >= 0.6 is 0 Å². The predicted molar refractivity (Wildman–Crippen MR) is 113 cm³/mol. The minimum absolute atomic E-state index is 0.541. The normalized spacial score (nSPS) is 13.4. The summed E-state index contributed by atoms with van der Waals surface area (Å²) < 4.78 is 0. The summed E-state index contributed by atoms with van der Waals surface area (Å²) in [7, 11) is 0. The zero-order chi connectivity index (χ0) is 17.7. The van der Waals surface area contributed by atoms with Crippen LogP contribution in [0.15, 0.2) is 78.4 Å². The fourth-order valence-corrected chi connectivity index (χ4v) is 4.11. The molecule has 0 bridgehead atoms. The van der Waals surface area contributed by atoms with E-state index in [1.54, 1.807) is 0 Å². The van der Waals surface area contributed by atoms with E-state index >= 15 is 0 Å². The minimum Gasteiger partial charge on any atom is -0.0616 e. The van der Waals surface area contributed by atoms with E-state index in [1.165, 1.54) is 49.4 Å². The second-order valence-electron chi connectivity index (χ2n) is 7.45. The molecule has 4 aromatic carbocycles. The summed E-state index contributed by atoms with van der Waals surface area (Å²) in [6.07, 6.45) is 4.72. The molecule has 1 aliphatic carbocycles. The molecule has 0 aromatic heterocycles. The van der Waals surface area contributed by atoms with Crippen LogP contribution in [0, 0.1) is 12.3 Å². The van der Waals surface area contributed by atoms with Gasteiger partial charge in [-0.15, -0.1) is 0 Å². The molecule has 5 rings (SSSR count). The van der Waals surface area contributed by atoms with Crippen LogP contribution in [0.25, 0.3) is 38.7 Å². The lowest BCUT2D eigenvalue weighted by atomic mass is 9.89. The molecule has 0 saturated carbocycles. The summed E-state index contributed by atoms with van der Waals surface area (Å²) in [5.74, 6) is 0.541. The van der Waals surface area contributed by atoms with Gasteiger partial charge in [-0.2, -0.15) is 0 Å². The number of rotatable bonds is 2. The molecule has 26 heavy (non-hydrogen) atoms. The van der Waals surface area contributed by atoms with Crippen LogP contribution in [-0.4, -0.2) is 0 Å². The molecule has 0 aliphatic heterocycles. The van der Waals surface area contributed by atoms with Gasteiger partial charge in [0.25, 0.3) is 0 Å². The Morgan fingerprint density at radius 2 is 1.35 bits per heavy atom. The molecule has 0 N–H and O–H groups in total. The van der Waals surface area contributed by atoms with Gasteiger partial charge < -0.3 is 0 Å². The Morgan fingerprint density at radius 3 is 2.00 bits per heavy atom. The Labute approximate surface area is 154 Å². The first-order valence-corrected chi connectivity index (χ1v) is 9.32. The Bertz CT molecular complexity index is 1120. The Balaban J connectivity index is 1.90. The first-order valence-electron chi connectivity index (χ1n) is 9.32. The van der Waals surface area contributed by atoms with E-state index < -0.39 is 0 Å². The molecule has 125 valence electrons. The molecule has 4 aromatic rings. The van der Waals surface area contributed by atoms with E-state index in [0.29, 0.717) is 5.92 Å². The summed E-state index contributed by atoms with van der Waals surface area (Å²) in [5.41, 5.74) is 6.80. The van der Waals surface area contributed by atoms with Crippen molar-refractivity contribution in [3.8, 4) is 11.1 Å². The standard InChI is InChI=1S/C26H21/c1-17(2)21-15-20-10-7-13-24(25(20)16-21)26-22-11-5-3-8-18(22)14-19-9-4-6-12-23(19)26/h3-17H,1-2H3. The fraction of sp³-hybridized carbons (Fsp3) is 0.115. The van der Waals surface area contributed by atoms with Crippen LogP contribution in [0.3, 0.4) is 0 Å². The third-order valence-corrected chi connectivity index (χ3v) is 5.48. The van der Waals surface area contributed by atoms with Crippen LogP contribution < -0.4 is 0 Å². The molecule has 0 fully saturated rings. The average Bonchev–Trinajstić information content (AvgIpc) is 3.11. The van der Waals surface area contributed by atoms with Gasteiger partial charge in [-0.3, -0.25) is 0 Å². The van der Waals surface area contributed by atoms with Crippen molar-refractivity contribution >= 4 is 27.6 Å². The highest BCUT2D eigenvalue weighted by molar-refractivity contribution is 6.14. The third kappa shape index (κ3) is 2.29. The van der Waals surface area contributed by atoms with E-state index in [1.807, 2.05) is 0 Å². The number of hydrogen-bond acceptors (Lipinski definition) is 0. The van der Waals surface area contributed by atoms with Crippen LogP contribution in [0.2, 0.25) is 0 Å². The van der Waals surface area contributed by atoms with Gasteiger partial charge in [0, 0.05) is 6.42 Å². The minimum atomic E-state index is 0.541. The van der Waals surface area contributed by atoms with Gasteiger partial charge in [-0.25, -0.2) is 0 Å². The summed E-state index contributed by atoms with van der Waals surface area (Å²) in [5, 5.41) is 5.25. The fourth-order valence-electron chi connectivity index (χ4n) is 4.11. The van der Waals surface area contributed by atoms with E-state index in [4.69, 9.17) is 0 Å². The van der Waals surface area contributed by atoms with Crippen LogP contribution in [-0.2, 0) is 0 Å². The highest BCUT2D eigenvalue weighted by Gasteiger charge is 2.20. The van der Waals surface area contributed by atoms with Crippen LogP contribution in [0.5, 0.6) is 0 Å². The first-order chi connectivity index (χ1) is 12.7. The van der Waals surface area contributed by atoms with Crippen molar-refractivity contribution in [3.63, 3.8) is 0 Å². The van der Waals surface area contributed by atoms with Crippen molar-refractivity contribution in [2.45, 2.75) is 13.8 Å². The van der Waals surface area contributed by atoms with Gasteiger partial charge in [0.15, 0.2) is 0 Å². The molecule has 0 heterocycles. The molecule has 0 atom stereocenters. The van der Waals surface area contributed by atoms with Crippen molar-refractivity contribution in [1.82, 2.24) is 0 Å². The van der Waals surface area contributed by atoms with Crippen molar-refractivity contribution in [3.05, 3.63) is 95.9 Å². The maximum absolute atomic E-state index is 2.38. The molecule has 0 unspecified atom stereocenters. The topological polar surface area (TPSA) is 0 Å². The Kier molecular flexibility index (Phi) is 3.46. The lowest BCUT2D eigenvalue weighted by Crippen LogP contribution is -1.91. The van der Waals surface area contributed by atoms with Gasteiger partial charge >= 0.3 is 0 Å². The highest BCUT2D eigenvalue weighted by atomic mass is 14.2. The van der Waals surface area contributed by atoms with Crippen molar-refractivity contribution in [2.24, 2.45) is 5.92 Å². The first kappa shape index (κ1) is 15.4. The summed E-state index contributed by atoms with van der Waals surface area (Å²) in [6, 6.07) is 26.5. The molecular weight excluding hydrogens is 312 g/mol. The Hall–Kier alpha value is -2.86. The van der Waals surface area contributed by atoms with Gasteiger partial charge in [-0.1, -0.05) is 92.2 Å². The number of fused-ring (bicyclic) bond motifs is 3. The number of allylic oxidation sites excluding steroid dienone is 1. The van der Waals surface area contributed by atoms with E-state index in [0.717, 1.165) is 0 Å². The van der Waals surface area contributed by atoms with Crippen LogP contribution in [0.4, 0.5) is 0 Å². The van der Waals surface area contributed by atoms with E-state index in [9.17, 15) is 0 Å². The summed E-state index contributed by atoms with van der Waals surface area (Å²) in [4.78, 5) is 0. The molecule has 0 saturated heterocycles. The zero-order valence-electron chi connectivity index (χ0n) is 15.2. The quantitative estimate of drug-likeness (QED) is 0.338. The molecular formula is C26H21. The maximum Gasteiger partial charge on any atom is 0.0167 e. The molecule has 0 spiro atoms. The molecule has 0 amide bonds. The highest BCUT2D eigenvalue weighted by Crippen LogP contribution is 2.42. The number of benzene rings is 4. The zero-order valence-corrected chi connectivity index (χ0v) is 15.2.